The number of rotatable bonds is 4. The van der Waals surface area contributed by atoms with Crippen LogP contribution in [0.15, 0.2) is 52.7 Å². The number of likely N-dealkylation sites (N-methyl/N-ethyl adjacent to an activating group) is 1. The van der Waals surface area contributed by atoms with Crippen molar-refractivity contribution in [3.63, 3.8) is 0 Å². The second-order valence-corrected chi connectivity index (χ2v) is 10.1. The highest BCUT2D eigenvalue weighted by atomic mass is 79.9. The van der Waals surface area contributed by atoms with Gasteiger partial charge in [0.05, 0.1) is 11.1 Å². The molecule has 1 aromatic carbocycles. The van der Waals surface area contributed by atoms with Crippen LogP contribution in [0.25, 0.3) is 17.5 Å². The van der Waals surface area contributed by atoms with Crippen LogP contribution in [0.2, 0.25) is 0 Å². The molecule has 0 bridgehead atoms. The number of allylic oxidation sites excluding steroid dienone is 1. The lowest BCUT2D eigenvalue weighted by Crippen LogP contribution is -2.38. The molecule has 2 aliphatic rings. The number of thiophene rings is 1. The van der Waals surface area contributed by atoms with Crippen LogP contribution in [-0.4, -0.2) is 34.7 Å². The number of halogens is 4. The minimum atomic E-state index is -4.44. The third-order valence-corrected chi connectivity index (χ3v) is 7.65. The maximum Gasteiger partial charge on any atom is 0.416 e. The van der Waals surface area contributed by atoms with Crippen molar-refractivity contribution in [2.24, 2.45) is 5.92 Å². The van der Waals surface area contributed by atoms with Gasteiger partial charge in [-0.25, -0.2) is 4.98 Å². The molecule has 1 aliphatic heterocycles. The monoisotopic (exact) mass is 595 g/mol. The zero-order chi connectivity index (χ0) is 27.3. The van der Waals surface area contributed by atoms with E-state index in [1.165, 1.54) is 41.5 Å². The second-order valence-electron chi connectivity index (χ2n) is 8.42. The van der Waals surface area contributed by atoms with Gasteiger partial charge in [0.25, 0.3) is 0 Å². The van der Waals surface area contributed by atoms with Gasteiger partial charge in [-0.2, -0.15) is 18.3 Å². The number of nitrogens with one attached hydrogen (secondary N) is 1. The van der Waals surface area contributed by atoms with Crippen LogP contribution in [0.1, 0.15) is 44.7 Å². The predicted molar refractivity (Wildman–Crippen MR) is 148 cm³/mol. The zero-order valence-electron chi connectivity index (χ0n) is 21.1. The Labute approximate surface area is 227 Å². The summed E-state index contributed by atoms with van der Waals surface area (Å²) >= 11 is 4.82. The first-order valence-corrected chi connectivity index (χ1v) is 13.5. The highest BCUT2D eigenvalue weighted by Gasteiger charge is 2.32. The summed E-state index contributed by atoms with van der Waals surface area (Å²) in [4.78, 5) is 20.4. The molecule has 0 saturated heterocycles. The van der Waals surface area contributed by atoms with Gasteiger partial charge in [-0.3, -0.25) is 9.89 Å². The van der Waals surface area contributed by atoms with Gasteiger partial charge in [0, 0.05) is 28.3 Å². The fourth-order valence-corrected chi connectivity index (χ4v) is 5.07. The molecule has 5 rings (SSSR count). The van der Waals surface area contributed by atoms with Gasteiger partial charge < -0.3 is 9.80 Å². The summed E-state index contributed by atoms with van der Waals surface area (Å²) in [6.45, 7) is 10.1. The fraction of sp³-hybridized carbons (Fsp3) is 0.346. The summed E-state index contributed by atoms with van der Waals surface area (Å²) in [6.07, 6.45) is 3.07. The fourth-order valence-electron chi connectivity index (χ4n) is 3.36. The Bertz CT molecular complexity index is 1270. The number of amides is 1. The molecule has 0 unspecified atom stereocenters. The molecule has 0 radical (unpaired) electrons. The van der Waals surface area contributed by atoms with Crippen molar-refractivity contribution >= 4 is 49.9 Å². The summed E-state index contributed by atoms with van der Waals surface area (Å²) in [5, 5.41) is 9.13. The summed E-state index contributed by atoms with van der Waals surface area (Å²) in [7, 11) is 1.64. The number of benzene rings is 1. The molecule has 1 N–H and O–H groups in total. The van der Waals surface area contributed by atoms with Gasteiger partial charge in [0.15, 0.2) is 5.82 Å². The lowest BCUT2D eigenvalue weighted by molar-refractivity contribution is -0.137. The third-order valence-electron chi connectivity index (χ3n) is 5.66. The van der Waals surface area contributed by atoms with Crippen LogP contribution in [0.3, 0.4) is 0 Å². The number of hydrogen-bond donors (Lipinski definition) is 1. The van der Waals surface area contributed by atoms with Gasteiger partial charge in [0.1, 0.15) is 17.9 Å². The number of anilines is 2. The number of carbonyl (C=O) groups excluding carboxylic acids is 1. The summed E-state index contributed by atoms with van der Waals surface area (Å²) in [5.74, 6) is 1.33. The van der Waals surface area contributed by atoms with Crippen molar-refractivity contribution in [2.75, 3.05) is 23.4 Å². The molecule has 0 atom stereocenters. The molecule has 3 heterocycles. The molecular weight excluding hydrogens is 567 g/mol. The van der Waals surface area contributed by atoms with Crippen molar-refractivity contribution < 1.29 is 18.0 Å². The Balaban J connectivity index is 0.000000567. The highest BCUT2D eigenvalue weighted by molar-refractivity contribution is 9.10. The van der Waals surface area contributed by atoms with Gasteiger partial charge in [-0.15, -0.1) is 11.3 Å². The minimum Gasteiger partial charge on any atom is -0.332 e. The molecule has 37 heavy (non-hydrogen) atoms. The van der Waals surface area contributed by atoms with Crippen molar-refractivity contribution in [3.05, 3.63) is 63.9 Å². The lowest BCUT2D eigenvalue weighted by atomic mass is 10.0. The van der Waals surface area contributed by atoms with Crippen molar-refractivity contribution in [3.8, 4) is 11.4 Å². The van der Waals surface area contributed by atoms with E-state index < -0.39 is 11.7 Å². The zero-order valence-corrected chi connectivity index (χ0v) is 23.5. The van der Waals surface area contributed by atoms with Gasteiger partial charge in [-0.1, -0.05) is 46.3 Å². The Morgan fingerprint density at radius 3 is 2.54 bits per heavy atom. The summed E-state index contributed by atoms with van der Waals surface area (Å²) < 4.78 is 39.9. The van der Waals surface area contributed by atoms with Crippen LogP contribution in [0.5, 0.6) is 0 Å². The number of carbonyl (C=O) groups is 1. The molecule has 198 valence electrons. The Hall–Kier alpha value is -2.92. The first-order valence-electron chi connectivity index (χ1n) is 11.8. The van der Waals surface area contributed by atoms with Crippen LogP contribution < -0.4 is 9.80 Å². The SMILES string of the molecule is C=C1C=Cc2cc(C(F)(F)F)ccc2N1CC(=O)N(C)c1scc(Br)c1-c1ncn[nH]1.CC.CC1CC1. The van der Waals surface area contributed by atoms with Gasteiger partial charge in [-0.05, 0) is 51.7 Å². The Morgan fingerprint density at radius 1 is 1.30 bits per heavy atom. The number of H-pyrrole nitrogens is 1. The van der Waals surface area contributed by atoms with Crippen LogP contribution in [-0.2, 0) is 11.0 Å². The maximum absolute atomic E-state index is 13.1. The van der Waals surface area contributed by atoms with Crippen molar-refractivity contribution in [1.29, 1.82) is 0 Å². The molecule has 11 heteroatoms. The number of alkyl halides is 3. The molecule has 1 amide bonds. The molecule has 6 nitrogen and oxygen atoms in total. The average molecular weight is 597 g/mol. The molecule has 3 aromatic rings. The number of aromatic amines is 1. The van der Waals surface area contributed by atoms with E-state index in [0.29, 0.717) is 33.3 Å². The summed E-state index contributed by atoms with van der Waals surface area (Å²) in [6, 6.07) is 3.44. The third kappa shape index (κ3) is 6.89. The quantitative estimate of drug-likeness (QED) is 0.334. The minimum absolute atomic E-state index is 0.0938. The van der Waals surface area contributed by atoms with Crippen LogP contribution >= 0.6 is 27.3 Å². The highest BCUT2D eigenvalue weighted by Crippen LogP contribution is 2.41. The first-order chi connectivity index (χ1) is 17.6. The van der Waals surface area contributed by atoms with Crippen LogP contribution in [0.4, 0.5) is 23.9 Å². The van der Waals surface area contributed by atoms with Gasteiger partial charge >= 0.3 is 6.18 Å². The molecule has 2 aromatic heterocycles. The predicted octanol–water partition coefficient (Wildman–Crippen LogP) is 7.77. The number of hydrogen-bond acceptors (Lipinski definition) is 5. The molecule has 1 saturated carbocycles. The number of nitrogens with zero attached hydrogens (tertiary/aromatic N) is 4. The molecular formula is C26H29BrF3N5OS. The average Bonchev–Trinajstić information content (AvgIpc) is 3.31. The molecule has 1 aliphatic carbocycles. The normalized spacial score (nSPS) is 14.3. The maximum atomic E-state index is 13.1. The standard InChI is InChI=1S/C20H15BrF3N5OS.C4H8.C2H6/c1-11-3-4-12-7-13(20(22,23)24)5-6-15(12)29(11)8-16(30)28(2)19-17(14(21)9-31-19)18-25-10-26-27-18;1-4-2-3-4;1-2/h3-7,9-10H,1,8H2,2H3,(H,25,26,27);4H,2-3H2,1H3;1-2H3. The first kappa shape index (κ1) is 28.6. The van der Waals surface area contributed by atoms with E-state index >= 15 is 0 Å². The van der Waals surface area contributed by atoms with E-state index in [2.05, 4.69) is 44.6 Å². The van der Waals surface area contributed by atoms with Gasteiger partial charge in [0.2, 0.25) is 5.91 Å². The van der Waals surface area contributed by atoms with E-state index in [4.69, 9.17) is 0 Å². The van der Waals surface area contributed by atoms with Crippen molar-refractivity contribution in [1.82, 2.24) is 15.2 Å². The van der Waals surface area contributed by atoms with E-state index in [1.54, 1.807) is 24.1 Å². The Kier molecular flexibility index (Phi) is 9.36. The lowest BCUT2D eigenvalue weighted by Gasteiger charge is -2.31. The van der Waals surface area contributed by atoms with E-state index in [9.17, 15) is 18.0 Å². The topological polar surface area (TPSA) is 65.1 Å². The summed E-state index contributed by atoms with van der Waals surface area (Å²) in [5.41, 5.74) is 1.33. The second kappa shape index (κ2) is 12.1. The smallest absolute Gasteiger partial charge is 0.332 e. The molecule has 0 spiro atoms. The van der Waals surface area contributed by atoms with E-state index in [0.717, 1.165) is 22.5 Å². The van der Waals surface area contributed by atoms with Crippen LogP contribution in [0, 0.1) is 5.92 Å². The Morgan fingerprint density at radius 2 is 1.97 bits per heavy atom. The van der Waals surface area contributed by atoms with Crippen molar-refractivity contribution in [2.45, 2.75) is 39.8 Å². The van der Waals surface area contributed by atoms with E-state index in [1.807, 2.05) is 19.2 Å². The number of fused-ring (bicyclic) bond motifs is 1. The van der Waals surface area contributed by atoms with E-state index in [-0.39, 0.29) is 12.5 Å². The largest absolute Gasteiger partial charge is 0.416 e. The number of aromatic nitrogens is 3. The molecule has 1 fully saturated rings.